The van der Waals surface area contributed by atoms with Crippen molar-refractivity contribution in [1.82, 2.24) is 0 Å². The molecule has 1 aromatic carbocycles. The summed E-state index contributed by atoms with van der Waals surface area (Å²) in [7, 11) is 0. The third kappa shape index (κ3) is 2.26. The number of thioether (sulfide) groups is 1. The van der Waals surface area contributed by atoms with E-state index in [2.05, 4.69) is 10.3 Å². The summed E-state index contributed by atoms with van der Waals surface area (Å²) in [6.45, 7) is 0.837. The lowest BCUT2D eigenvalue weighted by molar-refractivity contribution is 0.632. The molecule has 0 unspecified atom stereocenters. The Labute approximate surface area is 86.6 Å². The van der Waals surface area contributed by atoms with Crippen LogP contribution in [0.4, 0.5) is 10.1 Å². The van der Waals surface area contributed by atoms with Crippen LogP contribution >= 0.6 is 11.8 Å². The van der Waals surface area contributed by atoms with Gasteiger partial charge in [0.05, 0.1) is 5.69 Å². The van der Waals surface area contributed by atoms with E-state index < -0.39 is 0 Å². The van der Waals surface area contributed by atoms with E-state index in [1.807, 2.05) is 0 Å². The van der Waals surface area contributed by atoms with Crippen LogP contribution in [0.3, 0.4) is 0 Å². The number of hydrogen-bond donors (Lipinski definition) is 1. The Bertz CT molecular complexity index is 352. The average Bonchev–Trinajstić information content (AvgIpc) is 2.23. The first kappa shape index (κ1) is 9.52. The predicted octanol–water partition coefficient (Wildman–Crippen LogP) is 2.73. The fraction of sp³-hybridized carbons (Fsp3) is 0.300. The first-order valence-corrected chi connectivity index (χ1v) is 5.53. The van der Waals surface area contributed by atoms with Gasteiger partial charge in [0.2, 0.25) is 0 Å². The van der Waals surface area contributed by atoms with Gasteiger partial charge in [-0.3, -0.25) is 4.99 Å². The maximum atomic E-state index is 13.2. The van der Waals surface area contributed by atoms with Crippen molar-refractivity contribution in [2.24, 2.45) is 4.99 Å². The van der Waals surface area contributed by atoms with Crippen LogP contribution in [0.2, 0.25) is 0 Å². The Hall–Kier alpha value is -1.03. The molecule has 0 amide bonds. The van der Waals surface area contributed by atoms with Crippen LogP contribution in [0.25, 0.3) is 0 Å². The molecule has 1 heterocycles. The number of nitrogens with one attached hydrogen (secondary N) is 1. The zero-order valence-corrected chi connectivity index (χ0v) is 8.48. The summed E-state index contributed by atoms with van der Waals surface area (Å²) in [5, 5.41) is 3.81. The van der Waals surface area contributed by atoms with E-state index in [0.29, 0.717) is 5.69 Å². The van der Waals surface area contributed by atoms with Gasteiger partial charge in [-0.2, -0.15) is 0 Å². The largest absolute Gasteiger partial charge is 0.333 e. The molecule has 74 valence electrons. The van der Waals surface area contributed by atoms with E-state index in [0.717, 1.165) is 23.9 Å². The molecule has 2 nitrogen and oxygen atoms in total. The molecule has 0 bridgehead atoms. The molecule has 1 N–H and O–H groups in total. The lowest BCUT2D eigenvalue weighted by Crippen LogP contribution is -2.14. The van der Waals surface area contributed by atoms with E-state index in [9.17, 15) is 4.39 Å². The lowest BCUT2D eigenvalue weighted by Gasteiger charge is -2.13. The minimum atomic E-state index is -0.235. The van der Waals surface area contributed by atoms with Crippen LogP contribution in [-0.4, -0.2) is 17.5 Å². The van der Waals surface area contributed by atoms with E-state index in [4.69, 9.17) is 0 Å². The van der Waals surface area contributed by atoms with Gasteiger partial charge in [-0.1, -0.05) is 23.9 Å². The summed E-state index contributed by atoms with van der Waals surface area (Å²) >= 11 is 1.64. The molecule has 1 aromatic rings. The molecule has 0 atom stereocenters. The molecule has 4 heteroatoms. The summed E-state index contributed by atoms with van der Waals surface area (Å²) < 4.78 is 13.2. The minimum absolute atomic E-state index is 0.235. The van der Waals surface area contributed by atoms with Crippen LogP contribution in [0.5, 0.6) is 0 Å². The Morgan fingerprint density at radius 2 is 2.21 bits per heavy atom. The van der Waals surface area contributed by atoms with Gasteiger partial charge in [-0.25, -0.2) is 4.39 Å². The summed E-state index contributed by atoms with van der Waals surface area (Å²) in [6.07, 6.45) is 1.10. The molecule has 0 fully saturated rings. The van der Waals surface area contributed by atoms with E-state index in [1.54, 1.807) is 30.0 Å². The van der Waals surface area contributed by atoms with Crippen LogP contribution in [0, 0.1) is 5.82 Å². The summed E-state index contributed by atoms with van der Waals surface area (Å²) in [5.74, 6) is 0.821. The quantitative estimate of drug-likeness (QED) is 0.770. The molecule has 1 aliphatic heterocycles. The lowest BCUT2D eigenvalue weighted by atomic mass is 10.3. The van der Waals surface area contributed by atoms with E-state index in [1.165, 1.54) is 6.07 Å². The molecule has 0 aliphatic carbocycles. The third-order valence-electron chi connectivity index (χ3n) is 1.91. The highest BCUT2D eigenvalue weighted by Crippen LogP contribution is 2.18. The van der Waals surface area contributed by atoms with Crippen LogP contribution in [0.1, 0.15) is 6.42 Å². The SMILES string of the molecule is Fc1ccccc1NC1=NCCCS1. The molecular weight excluding hydrogens is 199 g/mol. The number of nitrogens with zero attached hydrogens (tertiary/aromatic N) is 1. The highest BCUT2D eigenvalue weighted by molar-refractivity contribution is 8.14. The Morgan fingerprint density at radius 3 is 2.93 bits per heavy atom. The predicted molar refractivity (Wildman–Crippen MR) is 59.4 cm³/mol. The van der Waals surface area contributed by atoms with Gasteiger partial charge >= 0.3 is 0 Å². The fourth-order valence-electron chi connectivity index (χ4n) is 1.21. The van der Waals surface area contributed by atoms with Crippen molar-refractivity contribution in [3.63, 3.8) is 0 Å². The van der Waals surface area contributed by atoms with Crippen molar-refractivity contribution in [1.29, 1.82) is 0 Å². The number of aliphatic imine (C=N–C) groups is 1. The molecule has 14 heavy (non-hydrogen) atoms. The monoisotopic (exact) mass is 210 g/mol. The Morgan fingerprint density at radius 1 is 1.36 bits per heavy atom. The second-order valence-electron chi connectivity index (χ2n) is 2.99. The fourth-order valence-corrected chi connectivity index (χ4v) is 2.04. The zero-order valence-electron chi connectivity index (χ0n) is 7.66. The molecule has 1 aliphatic rings. The molecular formula is C10H11FN2S. The number of hydrogen-bond acceptors (Lipinski definition) is 3. The van der Waals surface area contributed by atoms with Gasteiger partial charge in [0.25, 0.3) is 0 Å². The second-order valence-corrected chi connectivity index (χ2v) is 4.08. The van der Waals surface area contributed by atoms with Crippen LogP contribution < -0.4 is 5.32 Å². The van der Waals surface area contributed by atoms with Crippen molar-refractivity contribution in [2.45, 2.75) is 6.42 Å². The van der Waals surface area contributed by atoms with Crippen molar-refractivity contribution in [3.8, 4) is 0 Å². The maximum Gasteiger partial charge on any atom is 0.161 e. The van der Waals surface area contributed by atoms with E-state index in [-0.39, 0.29) is 5.82 Å². The first-order valence-electron chi connectivity index (χ1n) is 4.55. The normalized spacial score (nSPS) is 16.2. The van der Waals surface area contributed by atoms with Crippen LogP contribution in [0.15, 0.2) is 29.3 Å². The highest BCUT2D eigenvalue weighted by atomic mass is 32.2. The molecule has 0 aromatic heterocycles. The topological polar surface area (TPSA) is 24.4 Å². The maximum absolute atomic E-state index is 13.2. The summed E-state index contributed by atoms with van der Waals surface area (Å²) in [5.41, 5.74) is 0.501. The second kappa shape index (κ2) is 4.46. The molecule has 0 radical (unpaired) electrons. The zero-order chi connectivity index (χ0) is 9.80. The Kier molecular flexibility index (Phi) is 3.03. The van der Waals surface area contributed by atoms with Crippen molar-refractivity contribution in [2.75, 3.05) is 17.6 Å². The van der Waals surface area contributed by atoms with Gasteiger partial charge < -0.3 is 5.32 Å². The minimum Gasteiger partial charge on any atom is -0.333 e. The van der Waals surface area contributed by atoms with Crippen molar-refractivity contribution >= 4 is 22.6 Å². The number of benzene rings is 1. The van der Waals surface area contributed by atoms with Gasteiger partial charge in [0.15, 0.2) is 5.17 Å². The summed E-state index contributed by atoms with van der Waals surface area (Å²) in [6, 6.07) is 6.64. The average molecular weight is 210 g/mol. The molecule has 0 spiro atoms. The molecule has 2 rings (SSSR count). The number of anilines is 1. The number of amidine groups is 1. The molecule has 0 saturated heterocycles. The number of halogens is 1. The number of para-hydroxylation sites is 1. The van der Waals surface area contributed by atoms with Gasteiger partial charge in [-0.15, -0.1) is 0 Å². The smallest absolute Gasteiger partial charge is 0.161 e. The van der Waals surface area contributed by atoms with Crippen LogP contribution in [-0.2, 0) is 0 Å². The molecule has 0 saturated carbocycles. The first-order chi connectivity index (χ1) is 6.86. The van der Waals surface area contributed by atoms with Gasteiger partial charge in [0, 0.05) is 12.3 Å². The summed E-state index contributed by atoms with van der Waals surface area (Å²) in [4.78, 5) is 4.27. The third-order valence-corrected chi connectivity index (χ3v) is 2.91. The highest BCUT2D eigenvalue weighted by Gasteiger charge is 2.07. The van der Waals surface area contributed by atoms with Crippen molar-refractivity contribution in [3.05, 3.63) is 30.1 Å². The van der Waals surface area contributed by atoms with Crippen molar-refractivity contribution < 1.29 is 4.39 Å². The standard InChI is InChI=1S/C10H11FN2S/c11-8-4-1-2-5-9(8)13-10-12-6-3-7-14-10/h1-2,4-5H,3,6-7H2,(H,12,13). The van der Waals surface area contributed by atoms with Gasteiger partial charge in [0.1, 0.15) is 5.82 Å². The van der Waals surface area contributed by atoms with Gasteiger partial charge in [-0.05, 0) is 18.6 Å². The van der Waals surface area contributed by atoms with E-state index >= 15 is 0 Å². The Balaban J connectivity index is 2.10. The number of rotatable bonds is 1.